The maximum atomic E-state index is 5.86. The van der Waals surface area contributed by atoms with E-state index in [1.165, 1.54) is 16.7 Å². The number of alkyl halides is 1. The second kappa shape index (κ2) is 5.55. The first-order valence-corrected chi connectivity index (χ1v) is 6.22. The fourth-order valence-corrected chi connectivity index (χ4v) is 2.23. The highest BCUT2D eigenvalue weighted by Crippen LogP contribution is 2.29. The maximum absolute atomic E-state index is 5.86. The summed E-state index contributed by atoms with van der Waals surface area (Å²) in [6.07, 6.45) is 1.07. The molecule has 15 heavy (non-hydrogen) atoms. The van der Waals surface area contributed by atoms with Crippen molar-refractivity contribution in [1.29, 1.82) is 0 Å². The van der Waals surface area contributed by atoms with Crippen LogP contribution < -0.4 is 0 Å². The van der Waals surface area contributed by atoms with E-state index in [9.17, 15) is 0 Å². The van der Waals surface area contributed by atoms with E-state index in [1.54, 1.807) is 0 Å². The van der Waals surface area contributed by atoms with Gasteiger partial charge in [-0.15, -0.1) is 11.6 Å². The van der Waals surface area contributed by atoms with Gasteiger partial charge in [0, 0.05) is 5.88 Å². The van der Waals surface area contributed by atoms with E-state index in [0.29, 0.717) is 11.8 Å². The molecule has 1 aromatic rings. The van der Waals surface area contributed by atoms with E-state index in [-0.39, 0.29) is 0 Å². The van der Waals surface area contributed by atoms with E-state index in [2.05, 4.69) is 45.9 Å². The van der Waals surface area contributed by atoms with Gasteiger partial charge in [-0.1, -0.05) is 32.0 Å². The zero-order chi connectivity index (χ0) is 11.4. The molecule has 1 heteroatoms. The average molecular weight is 225 g/mol. The lowest BCUT2D eigenvalue weighted by Gasteiger charge is -2.21. The Hall–Kier alpha value is -0.490. The predicted octanol–water partition coefficient (Wildman–Crippen LogP) is 4.67. The van der Waals surface area contributed by atoms with Gasteiger partial charge in [-0.25, -0.2) is 0 Å². The number of aryl methyl sites for hydroxylation is 2. The van der Waals surface area contributed by atoms with Crippen molar-refractivity contribution in [3.8, 4) is 0 Å². The molecule has 1 rings (SSSR count). The van der Waals surface area contributed by atoms with Gasteiger partial charge in [0.2, 0.25) is 0 Å². The molecule has 0 fully saturated rings. The summed E-state index contributed by atoms with van der Waals surface area (Å²) in [5.41, 5.74) is 4.19. The van der Waals surface area contributed by atoms with Crippen molar-refractivity contribution in [2.45, 2.75) is 40.0 Å². The molecule has 0 aliphatic heterocycles. The lowest BCUT2D eigenvalue weighted by Crippen LogP contribution is -2.08. The van der Waals surface area contributed by atoms with Crippen LogP contribution >= 0.6 is 11.6 Å². The summed E-state index contributed by atoms with van der Waals surface area (Å²) in [5, 5.41) is 0. The molecule has 1 unspecified atom stereocenters. The summed E-state index contributed by atoms with van der Waals surface area (Å²) in [7, 11) is 0. The van der Waals surface area contributed by atoms with Gasteiger partial charge < -0.3 is 0 Å². The molecule has 0 bridgehead atoms. The molecule has 0 heterocycles. The van der Waals surface area contributed by atoms with Gasteiger partial charge in [-0.3, -0.25) is 0 Å². The van der Waals surface area contributed by atoms with E-state index in [1.807, 2.05) is 0 Å². The Morgan fingerprint density at radius 1 is 1.13 bits per heavy atom. The summed E-state index contributed by atoms with van der Waals surface area (Å²) in [6.45, 7) is 8.88. The molecule has 0 N–H and O–H groups in total. The smallest absolute Gasteiger partial charge is 0.0229 e. The van der Waals surface area contributed by atoms with Crippen molar-refractivity contribution in [3.63, 3.8) is 0 Å². The summed E-state index contributed by atoms with van der Waals surface area (Å²) in [5.74, 6) is 2.00. The molecule has 0 aliphatic rings. The lowest BCUT2D eigenvalue weighted by molar-refractivity contribution is 0.487. The van der Waals surface area contributed by atoms with Crippen LogP contribution in [0.4, 0.5) is 0 Å². The van der Waals surface area contributed by atoms with E-state index < -0.39 is 0 Å². The lowest BCUT2D eigenvalue weighted by atomic mass is 9.85. The van der Waals surface area contributed by atoms with Crippen molar-refractivity contribution in [3.05, 3.63) is 34.9 Å². The average Bonchev–Trinajstić information content (AvgIpc) is 2.18. The molecule has 0 aromatic heterocycles. The van der Waals surface area contributed by atoms with E-state index >= 15 is 0 Å². The standard InChI is InChI=1S/C14H21Cl/c1-10(2)14(7-8-15)13-6-5-11(3)12(4)9-13/h5-6,9-10,14H,7-8H2,1-4H3. The minimum atomic E-state index is 0.599. The molecule has 0 saturated carbocycles. The molecule has 1 aromatic carbocycles. The number of hydrogen-bond donors (Lipinski definition) is 0. The third-order valence-corrected chi connectivity index (χ3v) is 3.40. The maximum Gasteiger partial charge on any atom is 0.0229 e. The third kappa shape index (κ3) is 3.24. The highest BCUT2D eigenvalue weighted by atomic mass is 35.5. The van der Waals surface area contributed by atoms with Crippen LogP contribution in [0.5, 0.6) is 0 Å². The normalized spacial score (nSPS) is 13.2. The van der Waals surface area contributed by atoms with Crippen LogP contribution in [-0.2, 0) is 0 Å². The van der Waals surface area contributed by atoms with Crippen molar-refractivity contribution in [1.82, 2.24) is 0 Å². The highest BCUT2D eigenvalue weighted by molar-refractivity contribution is 6.17. The zero-order valence-electron chi connectivity index (χ0n) is 10.2. The Kier molecular flexibility index (Phi) is 4.66. The summed E-state index contributed by atoms with van der Waals surface area (Å²) >= 11 is 5.86. The predicted molar refractivity (Wildman–Crippen MR) is 68.8 cm³/mol. The summed E-state index contributed by atoms with van der Waals surface area (Å²) in [4.78, 5) is 0. The van der Waals surface area contributed by atoms with Gasteiger partial charge in [0.15, 0.2) is 0 Å². The summed E-state index contributed by atoms with van der Waals surface area (Å²) < 4.78 is 0. The molecule has 0 saturated heterocycles. The van der Waals surface area contributed by atoms with Crippen LogP contribution in [0.3, 0.4) is 0 Å². The Balaban J connectivity index is 2.95. The second-order valence-electron chi connectivity index (χ2n) is 4.67. The first-order chi connectivity index (χ1) is 7.06. The molecule has 0 spiro atoms. The van der Waals surface area contributed by atoms with Crippen LogP contribution in [0, 0.1) is 19.8 Å². The van der Waals surface area contributed by atoms with Gasteiger partial charge in [-0.2, -0.15) is 0 Å². The van der Waals surface area contributed by atoms with Gasteiger partial charge in [-0.05, 0) is 48.8 Å². The second-order valence-corrected chi connectivity index (χ2v) is 5.05. The molecular formula is C14H21Cl. The molecule has 0 nitrogen and oxygen atoms in total. The van der Waals surface area contributed by atoms with E-state index in [4.69, 9.17) is 11.6 Å². The van der Waals surface area contributed by atoms with Crippen LogP contribution in [0.15, 0.2) is 18.2 Å². The van der Waals surface area contributed by atoms with Crippen LogP contribution in [0.1, 0.15) is 42.9 Å². The number of rotatable bonds is 4. The Morgan fingerprint density at radius 3 is 2.27 bits per heavy atom. The minimum absolute atomic E-state index is 0.599. The monoisotopic (exact) mass is 224 g/mol. The number of benzene rings is 1. The summed E-state index contributed by atoms with van der Waals surface area (Å²) in [6, 6.07) is 6.78. The first kappa shape index (κ1) is 12.6. The Labute approximate surface area is 98.7 Å². The van der Waals surface area contributed by atoms with Gasteiger partial charge in [0.05, 0.1) is 0 Å². The molecule has 1 atom stereocenters. The fraction of sp³-hybridized carbons (Fsp3) is 0.571. The molecule has 84 valence electrons. The van der Waals surface area contributed by atoms with Gasteiger partial charge in [0.25, 0.3) is 0 Å². The quantitative estimate of drug-likeness (QED) is 0.652. The number of halogens is 1. The van der Waals surface area contributed by atoms with Crippen LogP contribution in [0.25, 0.3) is 0 Å². The molecule has 0 aliphatic carbocycles. The topological polar surface area (TPSA) is 0 Å². The first-order valence-electron chi connectivity index (χ1n) is 5.69. The fourth-order valence-electron chi connectivity index (χ4n) is 2.00. The SMILES string of the molecule is Cc1ccc(C(CCCl)C(C)C)cc1C. The Bertz CT molecular complexity index is 315. The molecule has 0 amide bonds. The van der Waals surface area contributed by atoms with Crippen molar-refractivity contribution >= 4 is 11.6 Å². The minimum Gasteiger partial charge on any atom is -0.127 e. The van der Waals surface area contributed by atoms with Crippen molar-refractivity contribution in [2.24, 2.45) is 5.92 Å². The molecule has 0 radical (unpaired) electrons. The van der Waals surface area contributed by atoms with Crippen molar-refractivity contribution < 1.29 is 0 Å². The van der Waals surface area contributed by atoms with Crippen LogP contribution in [0.2, 0.25) is 0 Å². The molecular weight excluding hydrogens is 204 g/mol. The van der Waals surface area contributed by atoms with Crippen LogP contribution in [-0.4, -0.2) is 5.88 Å². The third-order valence-electron chi connectivity index (χ3n) is 3.18. The van der Waals surface area contributed by atoms with Gasteiger partial charge in [0.1, 0.15) is 0 Å². The largest absolute Gasteiger partial charge is 0.127 e. The Morgan fingerprint density at radius 2 is 1.80 bits per heavy atom. The van der Waals surface area contributed by atoms with Gasteiger partial charge >= 0.3 is 0 Å². The zero-order valence-corrected chi connectivity index (χ0v) is 10.9. The van der Waals surface area contributed by atoms with Crippen molar-refractivity contribution in [2.75, 3.05) is 5.88 Å². The highest BCUT2D eigenvalue weighted by Gasteiger charge is 2.15. The number of hydrogen-bond acceptors (Lipinski definition) is 0. The van der Waals surface area contributed by atoms with E-state index in [0.717, 1.165) is 12.3 Å².